The van der Waals surface area contributed by atoms with Gasteiger partial charge in [0, 0.05) is 17.1 Å². The van der Waals surface area contributed by atoms with Gasteiger partial charge in [-0.05, 0) is 24.0 Å². The first-order valence-corrected chi connectivity index (χ1v) is 10.9. The molecular formula is C20H23N3OS2. The average molecular weight is 386 g/mol. The molecule has 0 fully saturated rings. The van der Waals surface area contributed by atoms with Crippen molar-refractivity contribution in [3.63, 3.8) is 0 Å². The SMILES string of the molecule is CCC[C@@H]1Cc2c(sc3nc(SCCc4ccccc4)nc(N)c23)CO1. The number of thiophene rings is 1. The summed E-state index contributed by atoms with van der Waals surface area (Å²) in [6, 6.07) is 10.5. The minimum atomic E-state index is 0.296. The van der Waals surface area contributed by atoms with Gasteiger partial charge in [-0.25, -0.2) is 9.97 Å². The van der Waals surface area contributed by atoms with Gasteiger partial charge >= 0.3 is 0 Å². The number of nitrogen functional groups attached to an aromatic ring is 1. The minimum absolute atomic E-state index is 0.296. The molecule has 0 spiro atoms. The van der Waals surface area contributed by atoms with E-state index in [0.29, 0.717) is 18.5 Å². The number of hydrogen-bond donors (Lipinski definition) is 1. The van der Waals surface area contributed by atoms with Crippen LogP contribution in [0.1, 0.15) is 35.8 Å². The fraction of sp³-hybridized carbons (Fsp3) is 0.400. The second kappa shape index (κ2) is 7.94. The Morgan fingerprint density at radius 3 is 2.92 bits per heavy atom. The van der Waals surface area contributed by atoms with Crippen LogP contribution in [0.5, 0.6) is 0 Å². The molecule has 26 heavy (non-hydrogen) atoms. The number of benzene rings is 1. The number of nitrogens with zero attached hydrogens (tertiary/aromatic N) is 2. The average Bonchev–Trinajstić information content (AvgIpc) is 3.01. The second-order valence-corrected chi connectivity index (χ2v) is 8.73. The van der Waals surface area contributed by atoms with Crippen LogP contribution in [0.3, 0.4) is 0 Å². The molecule has 2 aromatic heterocycles. The van der Waals surface area contributed by atoms with Gasteiger partial charge in [-0.2, -0.15) is 0 Å². The largest absolute Gasteiger partial charge is 0.383 e. The van der Waals surface area contributed by atoms with E-state index < -0.39 is 0 Å². The Kier molecular flexibility index (Phi) is 5.43. The van der Waals surface area contributed by atoms with E-state index in [1.807, 2.05) is 6.07 Å². The standard InChI is InChI=1S/C20H23N3OS2/c1-2-6-14-11-15-16(12-24-14)26-19-17(15)18(21)22-20(23-19)25-10-9-13-7-4-3-5-8-13/h3-5,7-8,14H,2,6,9-12H2,1H3,(H2,21,22,23)/t14-/m1/s1. The van der Waals surface area contributed by atoms with Crippen LogP contribution in [0.2, 0.25) is 0 Å². The first-order chi connectivity index (χ1) is 12.7. The first kappa shape index (κ1) is 17.8. The zero-order valence-corrected chi connectivity index (χ0v) is 16.5. The highest BCUT2D eigenvalue weighted by Crippen LogP contribution is 2.38. The maximum atomic E-state index is 6.33. The first-order valence-electron chi connectivity index (χ1n) is 9.10. The molecule has 1 atom stereocenters. The summed E-state index contributed by atoms with van der Waals surface area (Å²) >= 11 is 3.38. The molecule has 0 saturated heterocycles. The molecule has 3 heterocycles. The van der Waals surface area contributed by atoms with Gasteiger partial charge in [0.15, 0.2) is 5.16 Å². The molecular weight excluding hydrogens is 362 g/mol. The van der Waals surface area contributed by atoms with Crippen molar-refractivity contribution in [3.05, 3.63) is 46.3 Å². The molecule has 4 nitrogen and oxygen atoms in total. The van der Waals surface area contributed by atoms with Gasteiger partial charge in [0.25, 0.3) is 0 Å². The smallest absolute Gasteiger partial charge is 0.190 e. The van der Waals surface area contributed by atoms with Crippen molar-refractivity contribution < 1.29 is 4.74 Å². The maximum absolute atomic E-state index is 6.33. The predicted molar refractivity (Wildman–Crippen MR) is 110 cm³/mol. The lowest BCUT2D eigenvalue weighted by molar-refractivity contribution is 0.0254. The van der Waals surface area contributed by atoms with Crippen molar-refractivity contribution in [2.24, 2.45) is 0 Å². The summed E-state index contributed by atoms with van der Waals surface area (Å²) in [6.07, 6.45) is 4.45. The van der Waals surface area contributed by atoms with E-state index in [0.717, 1.165) is 46.8 Å². The number of anilines is 1. The summed E-state index contributed by atoms with van der Waals surface area (Å²) in [5, 5.41) is 1.83. The number of ether oxygens (including phenoxy) is 1. The number of aryl methyl sites for hydroxylation is 1. The third-order valence-electron chi connectivity index (χ3n) is 4.70. The molecule has 1 aromatic carbocycles. The van der Waals surface area contributed by atoms with Crippen molar-refractivity contribution in [1.29, 1.82) is 0 Å². The maximum Gasteiger partial charge on any atom is 0.190 e. The van der Waals surface area contributed by atoms with E-state index in [1.54, 1.807) is 23.1 Å². The highest BCUT2D eigenvalue weighted by molar-refractivity contribution is 7.99. The third-order valence-corrected chi connectivity index (χ3v) is 6.65. The third kappa shape index (κ3) is 3.72. The van der Waals surface area contributed by atoms with Crippen molar-refractivity contribution in [2.75, 3.05) is 11.5 Å². The normalized spacial score (nSPS) is 16.7. The van der Waals surface area contributed by atoms with E-state index in [1.165, 1.54) is 16.0 Å². The van der Waals surface area contributed by atoms with Crippen molar-refractivity contribution in [2.45, 2.75) is 50.5 Å². The van der Waals surface area contributed by atoms with Crippen LogP contribution >= 0.6 is 23.1 Å². The Balaban J connectivity index is 1.52. The molecule has 3 aromatic rings. The van der Waals surface area contributed by atoms with E-state index in [-0.39, 0.29) is 0 Å². The fourth-order valence-electron chi connectivity index (χ4n) is 3.40. The van der Waals surface area contributed by atoms with Crippen LogP contribution in [-0.2, 0) is 24.2 Å². The van der Waals surface area contributed by atoms with E-state index in [9.17, 15) is 0 Å². The van der Waals surface area contributed by atoms with Crippen LogP contribution in [-0.4, -0.2) is 21.8 Å². The number of fused-ring (bicyclic) bond motifs is 3. The summed E-state index contributed by atoms with van der Waals surface area (Å²) in [6.45, 7) is 2.87. The number of thioether (sulfide) groups is 1. The molecule has 0 aliphatic carbocycles. The summed E-state index contributed by atoms with van der Waals surface area (Å²) in [5.74, 6) is 1.56. The quantitative estimate of drug-likeness (QED) is 0.485. The lowest BCUT2D eigenvalue weighted by Crippen LogP contribution is -2.21. The Hall–Kier alpha value is -1.63. The van der Waals surface area contributed by atoms with Gasteiger partial charge in [0.1, 0.15) is 10.6 Å². The highest BCUT2D eigenvalue weighted by atomic mass is 32.2. The van der Waals surface area contributed by atoms with E-state index >= 15 is 0 Å². The van der Waals surface area contributed by atoms with Gasteiger partial charge in [-0.15, -0.1) is 11.3 Å². The van der Waals surface area contributed by atoms with Crippen LogP contribution < -0.4 is 5.73 Å². The molecule has 0 bridgehead atoms. The monoisotopic (exact) mass is 385 g/mol. The van der Waals surface area contributed by atoms with Crippen molar-refractivity contribution in [1.82, 2.24) is 9.97 Å². The summed E-state index contributed by atoms with van der Waals surface area (Å²) in [4.78, 5) is 11.6. The van der Waals surface area contributed by atoms with Crippen LogP contribution in [0, 0.1) is 0 Å². The van der Waals surface area contributed by atoms with E-state index in [2.05, 4.69) is 36.2 Å². The minimum Gasteiger partial charge on any atom is -0.383 e. The van der Waals surface area contributed by atoms with Gasteiger partial charge < -0.3 is 10.5 Å². The zero-order chi connectivity index (χ0) is 17.9. The number of aromatic nitrogens is 2. The zero-order valence-electron chi connectivity index (χ0n) is 14.9. The molecule has 0 unspecified atom stereocenters. The lowest BCUT2D eigenvalue weighted by atomic mass is 10.0. The summed E-state index contributed by atoms with van der Waals surface area (Å²) in [7, 11) is 0. The van der Waals surface area contributed by atoms with Gasteiger partial charge in [0.2, 0.25) is 0 Å². The number of nitrogens with two attached hydrogens (primary N) is 1. The summed E-state index contributed by atoms with van der Waals surface area (Å²) < 4.78 is 5.97. The molecule has 0 saturated carbocycles. The highest BCUT2D eigenvalue weighted by Gasteiger charge is 2.25. The molecule has 2 N–H and O–H groups in total. The molecule has 6 heteroatoms. The molecule has 1 aliphatic heterocycles. The van der Waals surface area contributed by atoms with Crippen LogP contribution in [0.15, 0.2) is 35.5 Å². The molecule has 4 rings (SSSR count). The second-order valence-electron chi connectivity index (χ2n) is 6.59. The van der Waals surface area contributed by atoms with E-state index in [4.69, 9.17) is 15.5 Å². The Labute approximate surface area is 162 Å². The Morgan fingerprint density at radius 1 is 1.27 bits per heavy atom. The van der Waals surface area contributed by atoms with Crippen LogP contribution in [0.4, 0.5) is 5.82 Å². The number of rotatable bonds is 6. The van der Waals surface area contributed by atoms with Gasteiger partial charge in [0.05, 0.1) is 18.1 Å². The molecule has 0 radical (unpaired) electrons. The molecule has 1 aliphatic rings. The van der Waals surface area contributed by atoms with Gasteiger partial charge in [-0.1, -0.05) is 55.4 Å². The number of hydrogen-bond acceptors (Lipinski definition) is 6. The van der Waals surface area contributed by atoms with Crippen molar-refractivity contribution in [3.8, 4) is 0 Å². The topological polar surface area (TPSA) is 61.0 Å². The summed E-state index contributed by atoms with van der Waals surface area (Å²) in [5.41, 5.74) is 8.98. The lowest BCUT2D eigenvalue weighted by Gasteiger charge is -2.22. The predicted octanol–water partition coefficient (Wildman–Crippen LogP) is 4.85. The molecule has 136 valence electrons. The molecule has 0 amide bonds. The van der Waals surface area contributed by atoms with Crippen LogP contribution in [0.25, 0.3) is 10.2 Å². The van der Waals surface area contributed by atoms with Crippen molar-refractivity contribution >= 4 is 39.1 Å². The fourth-order valence-corrected chi connectivity index (χ4v) is 5.43. The Bertz CT molecular complexity index is 895. The Morgan fingerprint density at radius 2 is 2.12 bits per heavy atom. The van der Waals surface area contributed by atoms with Gasteiger partial charge in [-0.3, -0.25) is 0 Å².